The number of anilines is 1. The number of carbonyl (C=O) groups is 2. The molecule has 0 heterocycles. The molecule has 29 heavy (non-hydrogen) atoms. The maximum absolute atomic E-state index is 11.9. The second-order valence-electron chi connectivity index (χ2n) is 5.48. The Morgan fingerprint density at radius 1 is 1.10 bits per heavy atom. The molecule has 0 fully saturated rings. The number of nitrogens with zero attached hydrogens (tertiary/aromatic N) is 2. The summed E-state index contributed by atoms with van der Waals surface area (Å²) in [5.74, 6) is -1.40. The van der Waals surface area contributed by atoms with E-state index in [-0.39, 0.29) is 22.8 Å². The van der Waals surface area contributed by atoms with Crippen LogP contribution in [0.1, 0.15) is 5.56 Å². The van der Waals surface area contributed by atoms with Crippen LogP contribution in [-0.4, -0.2) is 35.4 Å². The minimum Gasteiger partial charge on any atom is -0.496 e. The topological polar surface area (TPSA) is 151 Å². The van der Waals surface area contributed by atoms with Crippen molar-refractivity contribution in [2.45, 2.75) is 0 Å². The molecule has 0 radical (unpaired) electrons. The molecule has 1 amide bonds. The zero-order valence-corrected chi connectivity index (χ0v) is 15.1. The van der Waals surface area contributed by atoms with E-state index in [0.29, 0.717) is 5.56 Å². The predicted molar refractivity (Wildman–Crippen MR) is 101 cm³/mol. The summed E-state index contributed by atoms with van der Waals surface area (Å²) in [6.07, 6.45) is 2.30. The number of non-ortho nitro benzene ring substituents is 1. The monoisotopic (exact) mass is 401 g/mol. The van der Waals surface area contributed by atoms with Crippen LogP contribution >= 0.6 is 0 Å². The number of amides is 1. The van der Waals surface area contributed by atoms with E-state index in [1.807, 2.05) is 0 Å². The van der Waals surface area contributed by atoms with Gasteiger partial charge in [0, 0.05) is 18.2 Å². The summed E-state index contributed by atoms with van der Waals surface area (Å²) >= 11 is 0. The fourth-order valence-electron chi connectivity index (χ4n) is 2.17. The van der Waals surface area contributed by atoms with Crippen LogP contribution in [0.2, 0.25) is 0 Å². The molecule has 0 aliphatic carbocycles. The van der Waals surface area contributed by atoms with Gasteiger partial charge in [-0.25, -0.2) is 4.79 Å². The van der Waals surface area contributed by atoms with Crippen molar-refractivity contribution in [3.8, 4) is 5.75 Å². The maximum Gasteiger partial charge on any atom is 0.331 e. The summed E-state index contributed by atoms with van der Waals surface area (Å²) < 4.78 is 9.65. The number of hydrogen-bond acceptors (Lipinski definition) is 8. The Labute approximate surface area is 163 Å². The molecular weight excluding hydrogens is 386 g/mol. The van der Waals surface area contributed by atoms with Crippen LogP contribution in [-0.2, 0) is 14.3 Å². The van der Waals surface area contributed by atoms with Crippen LogP contribution in [0.4, 0.5) is 17.1 Å². The lowest BCUT2D eigenvalue weighted by molar-refractivity contribution is -0.384. The van der Waals surface area contributed by atoms with Gasteiger partial charge < -0.3 is 14.8 Å². The molecule has 0 saturated carbocycles. The highest BCUT2D eigenvalue weighted by Gasteiger charge is 2.17. The van der Waals surface area contributed by atoms with Crippen molar-refractivity contribution in [1.29, 1.82) is 0 Å². The highest BCUT2D eigenvalue weighted by Crippen LogP contribution is 2.28. The number of hydrogen-bond donors (Lipinski definition) is 1. The first-order valence-corrected chi connectivity index (χ1v) is 8.01. The second kappa shape index (κ2) is 9.60. The van der Waals surface area contributed by atoms with Gasteiger partial charge in [0.25, 0.3) is 17.3 Å². The van der Waals surface area contributed by atoms with Gasteiger partial charge in [0.2, 0.25) is 0 Å². The van der Waals surface area contributed by atoms with Crippen molar-refractivity contribution in [3.63, 3.8) is 0 Å². The van der Waals surface area contributed by atoms with E-state index in [1.54, 1.807) is 6.07 Å². The minimum absolute atomic E-state index is 0.0796. The number of nitrogens with one attached hydrogen (secondary N) is 1. The molecule has 2 aromatic carbocycles. The second-order valence-corrected chi connectivity index (χ2v) is 5.48. The zero-order chi connectivity index (χ0) is 21.4. The van der Waals surface area contributed by atoms with E-state index in [2.05, 4.69) is 5.32 Å². The third-order valence-electron chi connectivity index (χ3n) is 3.51. The quantitative estimate of drug-likeness (QED) is 0.307. The van der Waals surface area contributed by atoms with Crippen LogP contribution in [0.15, 0.2) is 48.5 Å². The summed E-state index contributed by atoms with van der Waals surface area (Å²) in [5, 5.41) is 24.1. The molecule has 11 heteroatoms. The minimum atomic E-state index is -0.865. The van der Waals surface area contributed by atoms with Crippen LogP contribution < -0.4 is 10.1 Å². The molecule has 0 aliphatic rings. The number of ether oxygens (including phenoxy) is 2. The van der Waals surface area contributed by atoms with Gasteiger partial charge in [0.15, 0.2) is 6.61 Å². The molecule has 2 aromatic rings. The first-order chi connectivity index (χ1) is 13.8. The summed E-state index contributed by atoms with van der Waals surface area (Å²) in [7, 11) is 1.35. The zero-order valence-electron chi connectivity index (χ0n) is 15.1. The van der Waals surface area contributed by atoms with Gasteiger partial charge in [-0.2, -0.15) is 0 Å². The average molecular weight is 401 g/mol. The van der Waals surface area contributed by atoms with Crippen LogP contribution in [0.25, 0.3) is 6.08 Å². The molecule has 0 bridgehead atoms. The van der Waals surface area contributed by atoms with Gasteiger partial charge in [0.05, 0.1) is 23.0 Å². The highest BCUT2D eigenvalue weighted by molar-refractivity contribution is 5.96. The number of nitro benzene ring substituents is 2. The van der Waals surface area contributed by atoms with Crippen LogP contribution in [0.5, 0.6) is 5.75 Å². The van der Waals surface area contributed by atoms with Crippen LogP contribution in [0, 0.1) is 20.2 Å². The van der Waals surface area contributed by atoms with Gasteiger partial charge in [-0.1, -0.05) is 12.1 Å². The molecular formula is C18H15N3O8. The highest BCUT2D eigenvalue weighted by atomic mass is 16.6. The smallest absolute Gasteiger partial charge is 0.331 e. The number of benzene rings is 2. The molecule has 0 aromatic heterocycles. The maximum atomic E-state index is 11.9. The number of nitro groups is 2. The van der Waals surface area contributed by atoms with E-state index in [9.17, 15) is 29.8 Å². The fourth-order valence-corrected chi connectivity index (χ4v) is 2.17. The standard InChI is InChI=1S/C18H15N3O8/c1-28-14-6-7-15(16(10-14)21(26)27)19-17(22)11-29-18(23)8-5-12-3-2-4-13(9-12)20(24)25/h2-10H,11H2,1H3,(H,19,22)/b8-5+. The number of carbonyl (C=O) groups excluding carboxylic acids is 2. The Hall–Kier alpha value is -4.28. The molecule has 0 saturated heterocycles. The molecule has 0 spiro atoms. The normalized spacial score (nSPS) is 10.4. The van der Waals surface area contributed by atoms with E-state index in [4.69, 9.17) is 9.47 Å². The third kappa shape index (κ3) is 6.13. The molecule has 150 valence electrons. The Morgan fingerprint density at radius 3 is 2.52 bits per heavy atom. The summed E-state index contributed by atoms with van der Waals surface area (Å²) in [4.78, 5) is 44.1. The van der Waals surface area contributed by atoms with Crippen molar-refractivity contribution in [2.75, 3.05) is 19.0 Å². The van der Waals surface area contributed by atoms with Crippen molar-refractivity contribution >= 4 is 35.0 Å². The fraction of sp³-hybridized carbons (Fsp3) is 0.111. The van der Waals surface area contributed by atoms with E-state index >= 15 is 0 Å². The SMILES string of the molecule is COc1ccc(NC(=O)COC(=O)/C=C/c2cccc([N+](=O)[O-])c2)c([N+](=O)[O-])c1. The average Bonchev–Trinajstić information content (AvgIpc) is 2.71. The predicted octanol–water partition coefficient (Wildman–Crippen LogP) is 2.71. The van der Waals surface area contributed by atoms with Crippen molar-refractivity contribution in [1.82, 2.24) is 0 Å². The largest absolute Gasteiger partial charge is 0.496 e. The number of rotatable bonds is 8. The molecule has 0 aliphatic heterocycles. The first kappa shape index (κ1) is 21.0. The lowest BCUT2D eigenvalue weighted by atomic mass is 10.2. The van der Waals surface area contributed by atoms with Gasteiger partial charge in [-0.15, -0.1) is 0 Å². The van der Waals surface area contributed by atoms with Crippen molar-refractivity contribution < 1.29 is 28.9 Å². The number of methoxy groups -OCH3 is 1. The van der Waals surface area contributed by atoms with E-state index in [1.165, 1.54) is 43.5 Å². The Kier molecular flexibility index (Phi) is 6.96. The molecule has 11 nitrogen and oxygen atoms in total. The Morgan fingerprint density at radius 2 is 1.86 bits per heavy atom. The lowest BCUT2D eigenvalue weighted by Crippen LogP contribution is -2.20. The molecule has 0 unspecified atom stereocenters. The van der Waals surface area contributed by atoms with Gasteiger partial charge in [-0.05, 0) is 23.8 Å². The Balaban J connectivity index is 1.94. The summed E-state index contributed by atoms with van der Waals surface area (Å²) in [6.45, 7) is -0.679. The molecule has 0 atom stereocenters. The number of esters is 1. The molecule has 1 N–H and O–H groups in total. The van der Waals surface area contributed by atoms with Crippen molar-refractivity contribution in [3.05, 3.63) is 74.3 Å². The van der Waals surface area contributed by atoms with Gasteiger partial charge in [0.1, 0.15) is 11.4 Å². The van der Waals surface area contributed by atoms with Crippen molar-refractivity contribution in [2.24, 2.45) is 0 Å². The molecule has 2 rings (SSSR count). The van der Waals surface area contributed by atoms with Crippen LogP contribution in [0.3, 0.4) is 0 Å². The van der Waals surface area contributed by atoms with Gasteiger partial charge in [-0.3, -0.25) is 25.0 Å². The lowest BCUT2D eigenvalue weighted by Gasteiger charge is -2.07. The van der Waals surface area contributed by atoms with E-state index in [0.717, 1.165) is 12.1 Å². The summed E-state index contributed by atoms with van der Waals surface area (Å²) in [6, 6.07) is 9.43. The Bertz CT molecular complexity index is 987. The van der Waals surface area contributed by atoms with E-state index < -0.39 is 28.3 Å². The first-order valence-electron chi connectivity index (χ1n) is 8.01. The summed E-state index contributed by atoms with van der Waals surface area (Å²) in [5.41, 5.74) is -0.200. The third-order valence-corrected chi connectivity index (χ3v) is 3.51. The van der Waals surface area contributed by atoms with Gasteiger partial charge >= 0.3 is 5.97 Å².